The zero-order valence-electron chi connectivity index (χ0n) is 14.6. The number of aromatic nitrogens is 2. The van der Waals surface area contributed by atoms with Crippen molar-refractivity contribution in [1.82, 2.24) is 21.0 Å². The van der Waals surface area contributed by atoms with Crippen LogP contribution in [0.25, 0.3) is 10.6 Å². The van der Waals surface area contributed by atoms with E-state index in [4.69, 9.17) is 4.74 Å². The van der Waals surface area contributed by atoms with Crippen molar-refractivity contribution in [1.29, 1.82) is 0 Å². The summed E-state index contributed by atoms with van der Waals surface area (Å²) in [6.45, 7) is 3.50. The lowest BCUT2D eigenvalue weighted by molar-refractivity contribution is -0.128. The van der Waals surface area contributed by atoms with Gasteiger partial charge in [-0.1, -0.05) is 0 Å². The van der Waals surface area contributed by atoms with Crippen LogP contribution < -0.4 is 15.6 Å². The Morgan fingerprint density at radius 3 is 2.59 bits per heavy atom. The number of nitrogens with one attached hydrogen (secondary N) is 3. The molecule has 0 unspecified atom stereocenters. The second-order valence-corrected chi connectivity index (χ2v) is 7.02. The number of carbonyl (C=O) groups excluding carboxylic acids is 2. The summed E-state index contributed by atoms with van der Waals surface area (Å²) >= 11 is 1.58. The number of hydrogen-bond acceptors (Lipinski definition) is 5. The Bertz CT molecular complexity index is 952. The van der Waals surface area contributed by atoms with Crippen LogP contribution in [0.5, 0.6) is 5.75 Å². The smallest absolute Gasteiger partial charge is 0.290 e. The Balaban J connectivity index is 1.53. The van der Waals surface area contributed by atoms with Crippen LogP contribution in [0.4, 0.5) is 4.39 Å². The molecule has 0 aliphatic rings. The van der Waals surface area contributed by atoms with Gasteiger partial charge in [-0.2, -0.15) is 5.10 Å². The third-order valence-corrected chi connectivity index (χ3v) is 4.65. The minimum Gasteiger partial charge on any atom is -0.481 e. The lowest BCUT2D eigenvalue weighted by atomic mass is 10.3. The van der Waals surface area contributed by atoms with Gasteiger partial charge in [-0.05, 0) is 56.3 Å². The van der Waals surface area contributed by atoms with E-state index in [-0.39, 0.29) is 5.69 Å². The molecule has 140 valence electrons. The largest absolute Gasteiger partial charge is 0.481 e. The van der Waals surface area contributed by atoms with Crippen molar-refractivity contribution in [2.24, 2.45) is 0 Å². The molecule has 0 spiro atoms. The average molecular weight is 388 g/mol. The number of H-pyrrole nitrogens is 1. The van der Waals surface area contributed by atoms with E-state index in [2.05, 4.69) is 21.0 Å². The number of rotatable bonds is 5. The second-order valence-electron chi connectivity index (χ2n) is 5.73. The minimum atomic E-state index is -0.889. The normalized spacial score (nSPS) is 11.7. The first-order valence-corrected chi connectivity index (χ1v) is 8.88. The molecule has 0 aliphatic carbocycles. The molecule has 9 heteroatoms. The number of hydrazine groups is 1. The predicted octanol–water partition coefficient (Wildman–Crippen LogP) is 2.81. The quantitative estimate of drug-likeness (QED) is 0.586. The van der Waals surface area contributed by atoms with Crippen LogP contribution in [0.15, 0.2) is 42.5 Å². The summed E-state index contributed by atoms with van der Waals surface area (Å²) in [6.07, 6.45) is -0.889. The molecular formula is C18H17FN4O3S. The van der Waals surface area contributed by atoms with Gasteiger partial charge in [0.15, 0.2) is 11.8 Å². The van der Waals surface area contributed by atoms with Crippen molar-refractivity contribution in [3.63, 3.8) is 0 Å². The Kier molecular flexibility index (Phi) is 5.51. The van der Waals surface area contributed by atoms with Crippen molar-refractivity contribution in [2.75, 3.05) is 0 Å². The standard InChI is InChI=1S/C18H17FN4O3S/c1-10-3-8-16(27-10)14-9-15(21-20-14)18(25)23-22-17(24)11(2)26-13-6-4-12(19)5-7-13/h3-9,11H,1-2H3,(H,20,21)(H,22,24)(H,23,25)/t11-/m0/s1. The number of carbonyl (C=O) groups is 2. The summed E-state index contributed by atoms with van der Waals surface area (Å²) in [5.74, 6) is -1.18. The van der Waals surface area contributed by atoms with E-state index >= 15 is 0 Å². The molecule has 0 saturated carbocycles. The van der Waals surface area contributed by atoms with Gasteiger partial charge in [0.2, 0.25) is 0 Å². The van der Waals surface area contributed by atoms with Crippen molar-refractivity contribution >= 4 is 23.2 Å². The highest BCUT2D eigenvalue weighted by Gasteiger charge is 2.17. The molecule has 3 rings (SSSR count). The first kappa shape index (κ1) is 18.6. The lowest BCUT2D eigenvalue weighted by Crippen LogP contribution is -2.47. The van der Waals surface area contributed by atoms with E-state index in [0.717, 1.165) is 15.4 Å². The molecule has 2 aromatic heterocycles. The molecule has 1 atom stereocenters. The molecule has 7 nitrogen and oxygen atoms in total. The monoisotopic (exact) mass is 388 g/mol. The maximum Gasteiger partial charge on any atom is 0.290 e. The van der Waals surface area contributed by atoms with E-state index < -0.39 is 23.7 Å². The number of thiophene rings is 1. The van der Waals surface area contributed by atoms with Gasteiger partial charge in [-0.15, -0.1) is 11.3 Å². The fourth-order valence-corrected chi connectivity index (χ4v) is 3.03. The third kappa shape index (κ3) is 4.70. The SMILES string of the molecule is Cc1ccc(-c2cc(C(=O)NNC(=O)[C@H](C)Oc3ccc(F)cc3)n[nH]2)s1. The van der Waals surface area contributed by atoms with E-state index in [1.54, 1.807) is 17.4 Å². The fourth-order valence-electron chi connectivity index (χ4n) is 2.20. The van der Waals surface area contributed by atoms with E-state index in [1.165, 1.54) is 31.2 Å². The van der Waals surface area contributed by atoms with Crippen LogP contribution in [0.1, 0.15) is 22.3 Å². The number of nitrogens with zero attached hydrogens (tertiary/aromatic N) is 1. The average Bonchev–Trinajstić information content (AvgIpc) is 3.30. The maximum atomic E-state index is 12.9. The zero-order valence-corrected chi connectivity index (χ0v) is 15.4. The Morgan fingerprint density at radius 1 is 1.19 bits per heavy atom. The topological polar surface area (TPSA) is 96.1 Å². The van der Waals surface area contributed by atoms with Gasteiger partial charge in [-0.25, -0.2) is 4.39 Å². The Hall–Kier alpha value is -3.20. The minimum absolute atomic E-state index is 0.142. The number of ether oxygens (including phenoxy) is 1. The van der Waals surface area contributed by atoms with Gasteiger partial charge >= 0.3 is 0 Å². The van der Waals surface area contributed by atoms with Crippen LogP contribution in [-0.2, 0) is 4.79 Å². The molecule has 2 heterocycles. The highest BCUT2D eigenvalue weighted by Crippen LogP contribution is 2.26. The summed E-state index contributed by atoms with van der Waals surface area (Å²) < 4.78 is 18.3. The number of amides is 2. The lowest BCUT2D eigenvalue weighted by Gasteiger charge is -2.14. The Morgan fingerprint density at radius 2 is 1.93 bits per heavy atom. The molecule has 0 saturated heterocycles. The van der Waals surface area contributed by atoms with Gasteiger partial charge in [0.05, 0.1) is 10.6 Å². The molecular weight excluding hydrogens is 371 g/mol. The van der Waals surface area contributed by atoms with Crippen LogP contribution in [0.3, 0.4) is 0 Å². The van der Waals surface area contributed by atoms with Crippen LogP contribution >= 0.6 is 11.3 Å². The highest BCUT2D eigenvalue weighted by molar-refractivity contribution is 7.15. The van der Waals surface area contributed by atoms with Gasteiger partial charge in [0, 0.05) is 4.88 Å². The van der Waals surface area contributed by atoms with E-state index in [1.807, 2.05) is 19.1 Å². The Labute approximate surface area is 158 Å². The van der Waals surface area contributed by atoms with Crippen molar-refractivity contribution in [3.8, 4) is 16.3 Å². The summed E-state index contributed by atoms with van der Waals surface area (Å²) in [7, 11) is 0. The van der Waals surface area contributed by atoms with Gasteiger partial charge in [0.1, 0.15) is 11.6 Å². The first-order valence-electron chi connectivity index (χ1n) is 8.07. The molecule has 0 aliphatic heterocycles. The number of aromatic amines is 1. The second kappa shape index (κ2) is 8.00. The van der Waals surface area contributed by atoms with E-state index in [0.29, 0.717) is 5.75 Å². The zero-order chi connectivity index (χ0) is 19.4. The van der Waals surface area contributed by atoms with Crippen molar-refractivity contribution in [3.05, 3.63) is 58.9 Å². The van der Waals surface area contributed by atoms with Crippen molar-refractivity contribution < 1.29 is 18.7 Å². The molecule has 0 fully saturated rings. The summed E-state index contributed by atoms with van der Waals surface area (Å²) in [5.41, 5.74) is 5.43. The molecule has 27 heavy (non-hydrogen) atoms. The first-order chi connectivity index (χ1) is 12.9. The van der Waals surface area contributed by atoms with Gasteiger partial charge in [-0.3, -0.25) is 25.5 Å². The molecule has 3 aromatic rings. The number of aryl methyl sites for hydroxylation is 1. The maximum absolute atomic E-state index is 12.9. The highest BCUT2D eigenvalue weighted by atomic mass is 32.1. The van der Waals surface area contributed by atoms with Gasteiger partial charge in [0.25, 0.3) is 11.8 Å². The molecule has 0 radical (unpaired) electrons. The molecule has 2 amide bonds. The van der Waals surface area contributed by atoms with Crippen molar-refractivity contribution in [2.45, 2.75) is 20.0 Å². The van der Waals surface area contributed by atoms with Crippen LogP contribution in [-0.4, -0.2) is 28.1 Å². The van der Waals surface area contributed by atoms with Crippen LogP contribution in [0.2, 0.25) is 0 Å². The molecule has 0 bridgehead atoms. The van der Waals surface area contributed by atoms with Gasteiger partial charge < -0.3 is 4.74 Å². The molecule has 3 N–H and O–H groups in total. The summed E-state index contributed by atoms with van der Waals surface area (Å²) in [4.78, 5) is 26.3. The summed E-state index contributed by atoms with van der Waals surface area (Å²) in [5, 5.41) is 6.75. The van der Waals surface area contributed by atoms with E-state index in [9.17, 15) is 14.0 Å². The predicted molar refractivity (Wildman–Crippen MR) is 98.7 cm³/mol. The number of hydrogen-bond donors (Lipinski definition) is 3. The number of benzene rings is 1. The van der Waals surface area contributed by atoms with Crippen LogP contribution in [0, 0.1) is 12.7 Å². The number of halogens is 1. The fraction of sp³-hybridized carbons (Fsp3) is 0.167. The molecule has 1 aromatic carbocycles. The summed E-state index contributed by atoms with van der Waals surface area (Å²) in [6, 6.07) is 10.8. The third-order valence-electron chi connectivity index (χ3n) is 3.61.